The molecule has 0 heterocycles. The molecule has 0 aromatic heterocycles. The molecule has 0 bridgehead atoms. The Kier molecular flexibility index (Phi) is 4.35. The number of thioether (sulfide) groups is 1. The zero-order valence-electron chi connectivity index (χ0n) is 8.36. The molecule has 0 saturated heterocycles. The number of amides is 1. The van der Waals surface area contributed by atoms with E-state index in [-0.39, 0.29) is 5.24 Å². The highest BCUT2D eigenvalue weighted by molar-refractivity contribution is 9.10. The van der Waals surface area contributed by atoms with Gasteiger partial charge in [0.25, 0.3) is 5.24 Å². The van der Waals surface area contributed by atoms with E-state index in [1.165, 1.54) is 4.90 Å². The molecular formula is C10H10BrNO2S. The SMILES string of the molecule is CN(C)C(=O)Sc1ccc(Br)cc1C=O. The molecule has 1 aromatic rings. The van der Waals surface area contributed by atoms with Gasteiger partial charge in [-0.2, -0.15) is 0 Å². The molecule has 0 unspecified atom stereocenters. The number of rotatable bonds is 2. The van der Waals surface area contributed by atoms with E-state index in [0.29, 0.717) is 10.5 Å². The minimum absolute atomic E-state index is 0.0968. The number of carbonyl (C=O) groups excluding carboxylic acids is 2. The summed E-state index contributed by atoms with van der Waals surface area (Å²) >= 11 is 4.32. The summed E-state index contributed by atoms with van der Waals surface area (Å²) in [6.45, 7) is 0. The van der Waals surface area contributed by atoms with Gasteiger partial charge in [0, 0.05) is 29.0 Å². The quantitative estimate of drug-likeness (QED) is 0.620. The Bertz CT molecular complexity index is 393. The van der Waals surface area contributed by atoms with Crippen molar-refractivity contribution < 1.29 is 9.59 Å². The molecule has 0 aliphatic carbocycles. The first kappa shape index (κ1) is 12.3. The Morgan fingerprint density at radius 3 is 2.67 bits per heavy atom. The Morgan fingerprint density at radius 2 is 2.13 bits per heavy atom. The van der Waals surface area contributed by atoms with Crippen molar-refractivity contribution in [3.8, 4) is 0 Å². The van der Waals surface area contributed by atoms with Crippen LogP contribution in [0.5, 0.6) is 0 Å². The molecule has 0 aliphatic heterocycles. The molecule has 0 saturated carbocycles. The Labute approximate surface area is 101 Å². The highest BCUT2D eigenvalue weighted by Gasteiger charge is 2.10. The van der Waals surface area contributed by atoms with Crippen LogP contribution in [-0.4, -0.2) is 30.5 Å². The summed E-state index contributed by atoms with van der Waals surface area (Å²) < 4.78 is 0.825. The lowest BCUT2D eigenvalue weighted by atomic mass is 10.2. The topological polar surface area (TPSA) is 37.4 Å². The minimum atomic E-state index is -0.0968. The van der Waals surface area contributed by atoms with Crippen LogP contribution in [0.3, 0.4) is 0 Å². The molecule has 0 atom stereocenters. The van der Waals surface area contributed by atoms with Crippen molar-refractivity contribution >= 4 is 39.2 Å². The maximum atomic E-state index is 11.4. The van der Waals surface area contributed by atoms with E-state index in [9.17, 15) is 9.59 Å². The lowest BCUT2D eigenvalue weighted by molar-refractivity contribution is 0.112. The summed E-state index contributed by atoms with van der Waals surface area (Å²) in [4.78, 5) is 24.3. The summed E-state index contributed by atoms with van der Waals surface area (Å²) in [5, 5.41) is -0.0968. The number of nitrogens with zero attached hydrogens (tertiary/aromatic N) is 1. The maximum absolute atomic E-state index is 11.4. The monoisotopic (exact) mass is 287 g/mol. The largest absolute Gasteiger partial charge is 0.339 e. The molecule has 1 rings (SSSR count). The fourth-order valence-electron chi connectivity index (χ4n) is 0.890. The highest BCUT2D eigenvalue weighted by atomic mass is 79.9. The summed E-state index contributed by atoms with van der Waals surface area (Å²) in [6, 6.07) is 5.25. The molecule has 1 amide bonds. The van der Waals surface area contributed by atoms with Crippen molar-refractivity contribution in [1.82, 2.24) is 4.90 Å². The van der Waals surface area contributed by atoms with Crippen LogP contribution in [0.15, 0.2) is 27.6 Å². The van der Waals surface area contributed by atoms with Crippen LogP contribution in [0.4, 0.5) is 4.79 Å². The molecule has 0 aliphatic rings. The van der Waals surface area contributed by atoms with E-state index >= 15 is 0 Å². The van der Waals surface area contributed by atoms with E-state index < -0.39 is 0 Å². The van der Waals surface area contributed by atoms with E-state index in [4.69, 9.17) is 0 Å². The standard InChI is InChI=1S/C10H10BrNO2S/c1-12(2)10(14)15-9-4-3-8(11)5-7(9)6-13/h3-6H,1-2H3. The molecule has 1 aromatic carbocycles. The lowest BCUT2D eigenvalue weighted by Crippen LogP contribution is -2.16. The molecule has 0 spiro atoms. The number of aldehydes is 1. The van der Waals surface area contributed by atoms with Crippen molar-refractivity contribution in [3.05, 3.63) is 28.2 Å². The predicted molar refractivity (Wildman–Crippen MR) is 64.5 cm³/mol. The summed E-state index contributed by atoms with van der Waals surface area (Å²) in [5.74, 6) is 0. The van der Waals surface area contributed by atoms with E-state index in [1.807, 2.05) is 0 Å². The van der Waals surface area contributed by atoms with Crippen molar-refractivity contribution in [3.63, 3.8) is 0 Å². The summed E-state index contributed by atoms with van der Waals surface area (Å²) in [6.07, 6.45) is 0.746. The second-order valence-corrected chi connectivity index (χ2v) is 4.97. The maximum Gasteiger partial charge on any atom is 0.285 e. The first-order valence-corrected chi connectivity index (χ1v) is 5.79. The third-order valence-electron chi connectivity index (χ3n) is 1.66. The van der Waals surface area contributed by atoms with Gasteiger partial charge in [-0.3, -0.25) is 9.59 Å². The summed E-state index contributed by atoms with van der Waals surface area (Å²) in [5.41, 5.74) is 0.518. The third-order valence-corrected chi connectivity index (χ3v) is 3.29. The van der Waals surface area contributed by atoms with Gasteiger partial charge in [0.15, 0.2) is 6.29 Å². The van der Waals surface area contributed by atoms with Gasteiger partial charge in [0.1, 0.15) is 0 Å². The number of benzene rings is 1. The normalized spacial score (nSPS) is 9.80. The van der Waals surface area contributed by atoms with Crippen molar-refractivity contribution in [2.75, 3.05) is 14.1 Å². The average Bonchev–Trinajstić information content (AvgIpc) is 2.20. The minimum Gasteiger partial charge on any atom is -0.339 e. The fourth-order valence-corrected chi connectivity index (χ4v) is 2.00. The van der Waals surface area contributed by atoms with Crippen LogP contribution in [0, 0.1) is 0 Å². The molecule has 3 nitrogen and oxygen atoms in total. The Morgan fingerprint density at radius 1 is 1.47 bits per heavy atom. The van der Waals surface area contributed by atoms with Gasteiger partial charge in [0.05, 0.1) is 0 Å². The van der Waals surface area contributed by atoms with Crippen LogP contribution < -0.4 is 0 Å². The first-order valence-electron chi connectivity index (χ1n) is 4.18. The van der Waals surface area contributed by atoms with Gasteiger partial charge in [-0.15, -0.1) is 0 Å². The first-order chi connectivity index (χ1) is 7.04. The van der Waals surface area contributed by atoms with Crippen LogP contribution in [0.25, 0.3) is 0 Å². The molecular weight excluding hydrogens is 278 g/mol. The van der Waals surface area contributed by atoms with E-state index in [0.717, 1.165) is 22.5 Å². The molecule has 0 radical (unpaired) electrons. The van der Waals surface area contributed by atoms with Crippen molar-refractivity contribution in [1.29, 1.82) is 0 Å². The Balaban J connectivity index is 2.94. The molecule has 0 N–H and O–H groups in total. The van der Waals surface area contributed by atoms with Crippen LogP contribution >= 0.6 is 27.7 Å². The highest BCUT2D eigenvalue weighted by Crippen LogP contribution is 2.26. The van der Waals surface area contributed by atoms with Gasteiger partial charge in [-0.05, 0) is 30.0 Å². The van der Waals surface area contributed by atoms with Gasteiger partial charge in [-0.1, -0.05) is 15.9 Å². The summed E-state index contributed by atoms with van der Waals surface area (Å²) in [7, 11) is 3.35. The predicted octanol–water partition coefficient (Wildman–Crippen LogP) is 3.04. The zero-order chi connectivity index (χ0) is 11.4. The van der Waals surface area contributed by atoms with Gasteiger partial charge >= 0.3 is 0 Å². The van der Waals surface area contributed by atoms with Crippen LogP contribution in [0.2, 0.25) is 0 Å². The molecule has 0 fully saturated rings. The number of halogens is 1. The average molecular weight is 288 g/mol. The Hall–Kier alpha value is -0.810. The number of hydrogen-bond donors (Lipinski definition) is 0. The van der Waals surface area contributed by atoms with E-state index in [2.05, 4.69) is 15.9 Å². The molecule has 15 heavy (non-hydrogen) atoms. The van der Waals surface area contributed by atoms with Gasteiger partial charge < -0.3 is 4.90 Å². The molecule has 80 valence electrons. The molecule has 5 heteroatoms. The van der Waals surface area contributed by atoms with Crippen molar-refractivity contribution in [2.24, 2.45) is 0 Å². The number of hydrogen-bond acceptors (Lipinski definition) is 3. The van der Waals surface area contributed by atoms with Crippen LogP contribution in [-0.2, 0) is 0 Å². The number of carbonyl (C=O) groups is 2. The zero-order valence-corrected chi connectivity index (χ0v) is 10.8. The second kappa shape index (κ2) is 5.32. The third kappa shape index (κ3) is 3.35. The smallest absolute Gasteiger partial charge is 0.285 e. The van der Waals surface area contributed by atoms with Crippen LogP contribution in [0.1, 0.15) is 10.4 Å². The van der Waals surface area contributed by atoms with Gasteiger partial charge in [0.2, 0.25) is 0 Å². The van der Waals surface area contributed by atoms with Crippen molar-refractivity contribution in [2.45, 2.75) is 4.90 Å². The lowest BCUT2D eigenvalue weighted by Gasteiger charge is -2.10. The van der Waals surface area contributed by atoms with E-state index in [1.54, 1.807) is 32.3 Å². The van der Waals surface area contributed by atoms with Gasteiger partial charge in [-0.25, -0.2) is 0 Å². The second-order valence-electron chi connectivity index (χ2n) is 3.06. The fraction of sp³-hybridized carbons (Fsp3) is 0.200.